The summed E-state index contributed by atoms with van der Waals surface area (Å²) in [6.07, 6.45) is -8.85. The average Bonchev–Trinajstić information content (AvgIpc) is 3.85. The fourth-order valence-electron chi connectivity index (χ4n) is 6.50. The molecular weight excluding hydrogens is 755 g/mol. The molecule has 0 amide bonds. The number of halogens is 6. The summed E-state index contributed by atoms with van der Waals surface area (Å²) < 4.78 is 82.4. The lowest BCUT2D eigenvalue weighted by Crippen LogP contribution is -2.09. The second-order valence-electron chi connectivity index (χ2n) is 12.3. The SMILES string of the molecule is Cc1c(-c2nc3cc(C(F)(F)F)ccc3s2)c2ccccc2n1CC(=O)O.Cc1c(-c2nc3cc(C(F)(F)F)ccc3s2)c2ccccc2n1CC(=O)O. The summed E-state index contributed by atoms with van der Waals surface area (Å²) >= 11 is 2.58. The number of nitrogens with zero attached hydrogens (tertiary/aromatic N) is 4. The molecule has 0 aliphatic carbocycles. The van der Waals surface area contributed by atoms with Gasteiger partial charge in [0.1, 0.15) is 23.1 Å². The molecule has 0 fully saturated rings. The van der Waals surface area contributed by atoms with Crippen molar-refractivity contribution in [3.05, 3.63) is 107 Å². The summed E-state index contributed by atoms with van der Waals surface area (Å²) in [6, 6.07) is 21.7. The number of benzene rings is 4. The van der Waals surface area contributed by atoms with Crippen LogP contribution in [-0.4, -0.2) is 41.3 Å². The number of carboxylic acid groups (broad SMARTS) is 2. The van der Waals surface area contributed by atoms with Gasteiger partial charge in [0.15, 0.2) is 0 Å². The number of alkyl halides is 6. The first kappa shape index (κ1) is 36.6. The maximum Gasteiger partial charge on any atom is 0.416 e. The van der Waals surface area contributed by atoms with Crippen LogP contribution in [0.2, 0.25) is 0 Å². The summed E-state index contributed by atoms with van der Waals surface area (Å²) in [5.41, 5.74) is 3.52. The predicted octanol–water partition coefficient (Wildman–Crippen LogP) is 10.7. The predicted molar refractivity (Wildman–Crippen MR) is 196 cm³/mol. The van der Waals surface area contributed by atoms with Crippen molar-refractivity contribution in [1.82, 2.24) is 19.1 Å². The van der Waals surface area contributed by atoms with Gasteiger partial charge < -0.3 is 19.3 Å². The van der Waals surface area contributed by atoms with Crippen LogP contribution in [0.1, 0.15) is 22.5 Å². The maximum atomic E-state index is 13.0. The summed E-state index contributed by atoms with van der Waals surface area (Å²) in [6.45, 7) is 3.20. The van der Waals surface area contributed by atoms with E-state index in [-0.39, 0.29) is 24.1 Å². The first-order valence-electron chi connectivity index (χ1n) is 16.1. The van der Waals surface area contributed by atoms with E-state index in [9.17, 15) is 46.1 Å². The number of carboxylic acids is 2. The Morgan fingerprint density at radius 2 is 0.981 bits per heavy atom. The highest BCUT2D eigenvalue weighted by molar-refractivity contribution is 7.22. The number of rotatable bonds is 6. The minimum absolute atomic E-state index is 0.199. The van der Waals surface area contributed by atoms with E-state index in [1.807, 2.05) is 48.5 Å². The van der Waals surface area contributed by atoms with Gasteiger partial charge in [-0.25, -0.2) is 9.97 Å². The monoisotopic (exact) mass is 780 g/mol. The van der Waals surface area contributed by atoms with Crippen LogP contribution >= 0.6 is 22.7 Å². The average molecular weight is 781 g/mol. The smallest absolute Gasteiger partial charge is 0.416 e. The molecule has 0 spiro atoms. The van der Waals surface area contributed by atoms with Crippen molar-refractivity contribution in [2.45, 2.75) is 39.3 Å². The Hall–Kier alpha value is -5.74. The van der Waals surface area contributed by atoms with Crippen molar-refractivity contribution in [3.8, 4) is 21.1 Å². The molecule has 0 bridgehead atoms. The molecule has 2 N–H and O–H groups in total. The van der Waals surface area contributed by atoms with E-state index in [0.29, 0.717) is 30.8 Å². The van der Waals surface area contributed by atoms with Gasteiger partial charge in [0.2, 0.25) is 0 Å². The third kappa shape index (κ3) is 6.78. The number of para-hydroxylation sites is 2. The molecule has 0 aliphatic rings. The van der Waals surface area contributed by atoms with Crippen molar-refractivity contribution in [2.24, 2.45) is 0 Å². The second-order valence-corrected chi connectivity index (χ2v) is 14.4. The lowest BCUT2D eigenvalue weighted by molar-refractivity contribution is -0.138. The first-order valence-corrected chi connectivity index (χ1v) is 17.7. The molecule has 4 aromatic carbocycles. The summed E-state index contributed by atoms with van der Waals surface area (Å²) in [4.78, 5) is 31.3. The summed E-state index contributed by atoms with van der Waals surface area (Å²) in [7, 11) is 0. The number of hydrogen-bond donors (Lipinski definition) is 2. The number of aromatic nitrogens is 4. The number of fused-ring (bicyclic) bond motifs is 4. The third-order valence-corrected chi connectivity index (χ3v) is 11.0. The molecule has 8 nitrogen and oxygen atoms in total. The standard InChI is InChI=1S/2C19H13F3N2O2S/c2*1-10-17(12-4-2-3-5-14(12)24(10)9-16(25)26)18-23-13-8-11(19(20,21)22)6-7-15(13)27-18/h2*2-8H,9H2,1H3,(H,25,26). The molecule has 4 aromatic heterocycles. The Balaban J connectivity index is 0.000000167. The van der Waals surface area contributed by atoms with Crippen LogP contribution in [0, 0.1) is 13.8 Å². The van der Waals surface area contributed by atoms with E-state index in [1.54, 1.807) is 23.0 Å². The van der Waals surface area contributed by atoms with E-state index < -0.39 is 35.4 Å². The third-order valence-electron chi connectivity index (χ3n) is 8.91. The van der Waals surface area contributed by atoms with Gasteiger partial charge in [0, 0.05) is 44.3 Å². The van der Waals surface area contributed by atoms with E-state index in [1.165, 1.54) is 34.8 Å². The van der Waals surface area contributed by atoms with Crippen LogP contribution in [0.5, 0.6) is 0 Å². The molecule has 54 heavy (non-hydrogen) atoms. The maximum absolute atomic E-state index is 13.0. The van der Waals surface area contributed by atoms with Crippen molar-refractivity contribution < 1.29 is 46.1 Å². The second kappa shape index (κ2) is 13.6. The highest BCUT2D eigenvalue weighted by Gasteiger charge is 2.32. The van der Waals surface area contributed by atoms with Gasteiger partial charge in [-0.05, 0) is 62.4 Å². The van der Waals surface area contributed by atoms with E-state index in [4.69, 9.17) is 0 Å². The molecule has 16 heteroatoms. The molecule has 276 valence electrons. The highest BCUT2D eigenvalue weighted by Crippen LogP contribution is 2.42. The Labute approximate surface area is 309 Å². The van der Waals surface area contributed by atoms with Crippen LogP contribution < -0.4 is 0 Å². The van der Waals surface area contributed by atoms with Gasteiger partial charge in [0.25, 0.3) is 0 Å². The topological polar surface area (TPSA) is 110 Å². The van der Waals surface area contributed by atoms with E-state index >= 15 is 0 Å². The van der Waals surface area contributed by atoms with Gasteiger partial charge in [-0.2, -0.15) is 26.3 Å². The minimum atomic E-state index is -4.43. The zero-order valence-corrected chi connectivity index (χ0v) is 29.7. The Bertz CT molecular complexity index is 2570. The van der Waals surface area contributed by atoms with Crippen molar-refractivity contribution in [2.75, 3.05) is 0 Å². The van der Waals surface area contributed by atoms with Crippen LogP contribution in [-0.2, 0) is 35.0 Å². The van der Waals surface area contributed by atoms with Crippen LogP contribution in [0.3, 0.4) is 0 Å². The summed E-state index contributed by atoms with van der Waals surface area (Å²) in [5.74, 6) is -1.94. The Kier molecular flexibility index (Phi) is 9.22. The Morgan fingerprint density at radius 3 is 1.33 bits per heavy atom. The molecule has 0 aliphatic heterocycles. The normalized spacial score (nSPS) is 12.1. The van der Waals surface area contributed by atoms with Crippen molar-refractivity contribution in [1.29, 1.82) is 0 Å². The molecule has 0 radical (unpaired) electrons. The lowest BCUT2D eigenvalue weighted by atomic mass is 10.1. The molecule has 0 unspecified atom stereocenters. The molecule has 8 rings (SSSR count). The lowest BCUT2D eigenvalue weighted by Gasteiger charge is -2.05. The van der Waals surface area contributed by atoms with Gasteiger partial charge in [-0.1, -0.05) is 36.4 Å². The molecule has 4 heterocycles. The minimum Gasteiger partial charge on any atom is -0.480 e. The van der Waals surface area contributed by atoms with Gasteiger partial charge in [-0.15, -0.1) is 22.7 Å². The number of hydrogen-bond acceptors (Lipinski definition) is 6. The molecular formula is C38H26F6N4O4S2. The van der Waals surface area contributed by atoms with E-state index in [2.05, 4.69) is 9.97 Å². The molecule has 0 atom stereocenters. The molecule has 8 aromatic rings. The van der Waals surface area contributed by atoms with Crippen LogP contribution in [0.25, 0.3) is 63.4 Å². The quantitative estimate of drug-likeness (QED) is 0.163. The zero-order valence-electron chi connectivity index (χ0n) is 28.1. The fourth-order valence-corrected chi connectivity index (χ4v) is 8.62. The Morgan fingerprint density at radius 1 is 0.611 bits per heavy atom. The first-order chi connectivity index (χ1) is 25.5. The van der Waals surface area contributed by atoms with Crippen LogP contribution in [0.15, 0.2) is 84.9 Å². The largest absolute Gasteiger partial charge is 0.480 e. The molecule has 0 saturated carbocycles. The van der Waals surface area contributed by atoms with Gasteiger partial charge in [0.05, 0.1) is 31.6 Å². The number of thiazole rings is 2. The highest BCUT2D eigenvalue weighted by atomic mass is 32.1. The van der Waals surface area contributed by atoms with Gasteiger partial charge >= 0.3 is 24.3 Å². The number of aliphatic carboxylic acids is 2. The van der Waals surface area contributed by atoms with E-state index in [0.717, 1.165) is 57.2 Å². The molecule has 0 saturated heterocycles. The van der Waals surface area contributed by atoms with Crippen LogP contribution in [0.4, 0.5) is 26.3 Å². The number of carbonyl (C=O) groups is 2. The summed E-state index contributed by atoms with van der Waals surface area (Å²) in [5, 5.41) is 21.2. The van der Waals surface area contributed by atoms with Crippen molar-refractivity contribution >= 4 is 76.9 Å². The zero-order chi connectivity index (χ0) is 38.7. The van der Waals surface area contributed by atoms with Crippen molar-refractivity contribution in [3.63, 3.8) is 0 Å². The fraction of sp³-hybridized carbons (Fsp3) is 0.158. The van der Waals surface area contributed by atoms with Gasteiger partial charge in [-0.3, -0.25) is 9.59 Å².